The van der Waals surface area contributed by atoms with E-state index in [1.165, 1.54) is 11.8 Å². The zero-order valence-corrected chi connectivity index (χ0v) is 12.3. The minimum atomic E-state index is -2.94. The molecule has 0 saturated heterocycles. The van der Waals surface area contributed by atoms with Gasteiger partial charge in [0.15, 0.2) is 0 Å². The van der Waals surface area contributed by atoms with Crippen LogP contribution in [0.25, 0.3) is 0 Å². The average molecular weight is 270 g/mol. The maximum absolute atomic E-state index is 11.0. The molecule has 1 rings (SSSR count). The van der Waals surface area contributed by atoms with Gasteiger partial charge in [0, 0.05) is 12.0 Å². The Hall–Kier alpha value is -0.870. The van der Waals surface area contributed by atoms with Gasteiger partial charge in [0.05, 0.1) is 6.10 Å². The van der Waals surface area contributed by atoms with Crippen molar-refractivity contribution in [1.29, 1.82) is 0 Å². The molecule has 1 aromatic rings. The van der Waals surface area contributed by atoms with Gasteiger partial charge >= 0.3 is 0 Å². The summed E-state index contributed by atoms with van der Waals surface area (Å²) >= 11 is 0. The molecule has 4 heteroatoms. The lowest BCUT2D eigenvalue weighted by Gasteiger charge is -2.17. The van der Waals surface area contributed by atoms with Crippen LogP contribution in [0.1, 0.15) is 41.2 Å². The Labute approximate surface area is 110 Å². The van der Waals surface area contributed by atoms with Crippen LogP contribution in [-0.2, 0) is 9.84 Å². The molecule has 1 N–H and O–H groups in total. The lowest BCUT2D eigenvalue weighted by atomic mass is 9.93. The third kappa shape index (κ3) is 4.42. The number of hydrogen-bond acceptors (Lipinski definition) is 3. The van der Waals surface area contributed by atoms with E-state index in [0.29, 0.717) is 12.8 Å². The van der Waals surface area contributed by atoms with Crippen LogP contribution >= 0.6 is 0 Å². The molecule has 1 unspecified atom stereocenters. The highest BCUT2D eigenvalue weighted by molar-refractivity contribution is 7.90. The highest BCUT2D eigenvalue weighted by atomic mass is 32.2. The smallest absolute Gasteiger partial charge is 0.147 e. The molecule has 0 saturated carbocycles. The maximum atomic E-state index is 11.0. The van der Waals surface area contributed by atoms with Crippen LogP contribution in [0, 0.1) is 20.8 Å². The molecular weight excluding hydrogens is 248 g/mol. The second-order valence-corrected chi connectivity index (χ2v) is 7.36. The SMILES string of the molecule is Cc1cc(C)c(C(O)CCCS(C)(=O)=O)c(C)c1. The molecule has 0 aliphatic rings. The van der Waals surface area contributed by atoms with Crippen LogP contribution in [-0.4, -0.2) is 25.5 Å². The number of aliphatic hydroxyl groups is 1. The van der Waals surface area contributed by atoms with Gasteiger partial charge in [0.25, 0.3) is 0 Å². The zero-order chi connectivity index (χ0) is 13.9. The van der Waals surface area contributed by atoms with Gasteiger partial charge in [0.1, 0.15) is 9.84 Å². The second-order valence-electron chi connectivity index (χ2n) is 5.10. The van der Waals surface area contributed by atoms with E-state index in [0.717, 1.165) is 16.7 Å². The summed E-state index contributed by atoms with van der Waals surface area (Å²) in [6.07, 6.45) is 1.62. The first-order valence-corrected chi connectivity index (χ1v) is 8.20. The third-order valence-electron chi connectivity index (χ3n) is 3.06. The Morgan fingerprint density at radius 1 is 1.17 bits per heavy atom. The molecule has 18 heavy (non-hydrogen) atoms. The van der Waals surface area contributed by atoms with Crippen molar-refractivity contribution in [3.8, 4) is 0 Å². The van der Waals surface area contributed by atoms with E-state index in [-0.39, 0.29) is 5.75 Å². The van der Waals surface area contributed by atoms with E-state index in [2.05, 4.69) is 0 Å². The Balaban J connectivity index is 2.76. The summed E-state index contributed by atoms with van der Waals surface area (Å²) in [5.74, 6) is 0.133. The van der Waals surface area contributed by atoms with E-state index in [9.17, 15) is 13.5 Å². The molecule has 0 heterocycles. The van der Waals surface area contributed by atoms with Gasteiger partial charge in [0.2, 0.25) is 0 Å². The highest BCUT2D eigenvalue weighted by Crippen LogP contribution is 2.26. The summed E-state index contributed by atoms with van der Waals surface area (Å²) in [6.45, 7) is 5.99. The Morgan fingerprint density at radius 3 is 2.11 bits per heavy atom. The number of aliphatic hydroxyl groups excluding tert-OH is 1. The van der Waals surface area contributed by atoms with Gasteiger partial charge < -0.3 is 5.11 Å². The number of hydrogen-bond donors (Lipinski definition) is 1. The molecule has 1 atom stereocenters. The second kappa shape index (κ2) is 5.85. The van der Waals surface area contributed by atoms with E-state index in [4.69, 9.17) is 0 Å². The molecule has 0 bridgehead atoms. The van der Waals surface area contributed by atoms with Crippen molar-refractivity contribution in [2.24, 2.45) is 0 Å². The van der Waals surface area contributed by atoms with Crippen LogP contribution < -0.4 is 0 Å². The van der Waals surface area contributed by atoms with Crippen molar-refractivity contribution >= 4 is 9.84 Å². The topological polar surface area (TPSA) is 54.4 Å². The van der Waals surface area contributed by atoms with Crippen LogP contribution in [0.4, 0.5) is 0 Å². The van der Waals surface area contributed by atoms with Crippen molar-refractivity contribution in [3.05, 3.63) is 34.4 Å². The molecule has 1 aromatic carbocycles. The van der Waals surface area contributed by atoms with Crippen LogP contribution in [0.15, 0.2) is 12.1 Å². The molecule has 0 aliphatic carbocycles. The Morgan fingerprint density at radius 2 is 1.67 bits per heavy atom. The molecule has 0 amide bonds. The summed E-state index contributed by atoms with van der Waals surface area (Å²) in [5.41, 5.74) is 4.25. The Bertz CT molecular complexity index is 495. The summed E-state index contributed by atoms with van der Waals surface area (Å²) in [4.78, 5) is 0. The molecule has 0 radical (unpaired) electrons. The minimum absolute atomic E-state index is 0.133. The van der Waals surface area contributed by atoms with Gasteiger partial charge in [-0.1, -0.05) is 17.7 Å². The summed E-state index contributed by atoms with van der Waals surface area (Å²) in [5, 5.41) is 10.2. The Kier molecular flexibility index (Phi) is 4.93. The minimum Gasteiger partial charge on any atom is -0.388 e. The third-order valence-corrected chi connectivity index (χ3v) is 4.09. The zero-order valence-electron chi connectivity index (χ0n) is 11.5. The van der Waals surface area contributed by atoms with E-state index in [1.54, 1.807) is 0 Å². The van der Waals surface area contributed by atoms with Crippen LogP contribution in [0.2, 0.25) is 0 Å². The van der Waals surface area contributed by atoms with Crippen LogP contribution in [0.3, 0.4) is 0 Å². The van der Waals surface area contributed by atoms with Crippen molar-refractivity contribution in [2.75, 3.05) is 12.0 Å². The maximum Gasteiger partial charge on any atom is 0.147 e. The molecule has 0 fully saturated rings. The first-order valence-electron chi connectivity index (χ1n) is 6.14. The van der Waals surface area contributed by atoms with Crippen molar-refractivity contribution in [1.82, 2.24) is 0 Å². The quantitative estimate of drug-likeness (QED) is 0.894. The summed E-state index contributed by atoms with van der Waals surface area (Å²) in [6, 6.07) is 4.09. The first kappa shape index (κ1) is 15.2. The largest absolute Gasteiger partial charge is 0.388 e. The fourth-order valence-electron chi connectivity index (χ4n) is 2.40. The van der Waals surface area contributed by atoms with E-state index >= 15 is 0 Å². The highest BCUT2D eigenvalue weighted by Gasteiger charge is 2.14. The fraction of sp³-hybridized carbons (Fsp3) is 0.571. The van der Waals surface area contributed by atoms with Gasteiger partial charge in [-0.05, 0) is 50.3 Å². The van der Waals surface area contributed by atoms with Crippen LogP contribution in [0.5, 0.6) is 0 Å². The van der Waals surface area contributed by atoms with Gasteiger partial charge in [-0.25, -0.2) is 8.42 Å². The van der Waals surface area contributed by atoms with Crippen molar-refractivity contribution in [3.63, 3.8) is 0 Å². The molecule has 0 aromatic heterocycles. The standard InChI is InChI=1S/C14H22O3S/c1-10-8-11(2)14(12(3)9-10)13(15)6-5-7-18(4,16)17/h8-9,13,15H,5-7H2,1-4H3. The lowest BCUT2D eigenvalue weighted by Crippen LogP contribution is -2.08. The first-order chi connectivity index (χ1) is 8.20. The predicted molar refractivity (Wildman–Crippen MR) is 74.6 cm³/mol. The molecular formula is C14H22O3S. The summed E-state index contributed by atoms with van der Waals surface area (Å²) in [7, 11) is -2.94. The number of rotatable bonds is 5. The predicted octanol–water partition coefficient (Wildman–Crippen LogP) is 2.47. The molecule has 0 spiro atoms. The van der Waals surface area contributed by atoms with E-state index in [1.807, 2.05) is 32.9 Å². The molecule has 3 nitrogen and oxygen atoms in total. The molecule has 102 valence electrons. The average Bonchev–Trinajstić information content (AvgIpc) is 2.13. The van der Waals surface area contributed by atoms with Crippen molar-refractivity contribution in [2.45, 2.75) is 39.7 Å². The molecule has 0 aliphatic heterocycles. The van der Waals surface area contributed by atoms with Gasteiger partial charge in [-0.15, -0.1) is 0 Å². The van der Waals surface area contributed by atoms with Gasteiger partial charge in [-0.2, -0.15) is 0 Å². The summed E-state index contributed by atoms with van der Waals surface area (Å²) < 4.78 is 22.1. The monoisotopic (exact) mass is 270 g/mol. The lowest BCUT2D eigenvalue weighted by molar-refractivity contribution is 0.165. The van der Waals surface area contributed by atoms with Gasteiger partial charge in [-0.3, -0.25) is 0 Å². The number of benzene rings is 1. The number of sulfone groups is 1. The fourth-order valence-corrected chi connectivity index (χ4v) is 3.09. The normalized spacial score (nSPS) is 13.6. The number of aryl methyl sites for hydroxylation is 3. The van der Waals surface area contributed by atoms with Crippen molar-refractivity contribution < 1.29 is 13.5 Å². The van der Waals surface area contributed by atoms with E-state index < -0.39 is 15.9 Å².